The number of benzene rings is 3. The monoisotopic (exact) mass is 545 g/mol. The Morgan fingerprint density at radius 1 is 0.775 bits per heavy atom. The van der Waals surface area contributed by atoms with Crippen molar-refractivity contribution in [2.45, 2.75) is 25.6 Å². The molecule has 3 aromatic rings. The molecule has 1 N–H and O–H groups in total. The molecule has 0 unspecified atom stereocenters. The molecule has 2 fully saturated rings. The highest BCUT2D eigenvalue weighted by atomic mass is 19.1. The number of piperazine rings is 1. The van der Waals surface area contributed by atoms with E-state index in [1.54, 1.807) is 18.2 Å². The van der Waals surface area contributed by atoms with Gasteiger partial charge in [-0.3, -0.25) is 24.7 Å². The van der Waals surface area contributed by atoms with Gasteiger partial charge in [-0.1, -0.05) is 36.4 Å². The minimum atomic E-state index is -0.578. The Morgan fingerprint density at radius 2 is 1.45 bits per heavy atom. The van der Waals surface area contributed by atoms with Crippen molar-refractivity contribution in [3.8, 4) is 0 Å². The van der Waals surface area contributed by atoms with Crippen molar-refractivity contribution in [3.05, 3.63) is 106 Å². The number of imide groups is 1. The molecule has 3 aliphatic rings. The van der Waals surface area contributed by atoms with Crippen LogP contribution < -0.4 is 5.32 Å². The number of hydrazine groups is 1. The number of halogens is 2. The summed E-state index contributed by atoms with van der Waals surface area (Å²) in [4.78, 5) is 41.3. The third kappa shape index (κ3) is 5.20. The second-order valence-electron chi connectivity index (χ2n) is 10.4. The highest BCUT2D eigenvalue weighted by molar-refractivity contribution is 6.01. The Bertz CT molecular complexity index is 1430. The Morgan fingerprint density at radius 3 is 2.08 bits per heavy atom. The van der Waals surface area contributed by atoms with Crippen LogP contribution in [0.2, 0.25) is 0 Å². The van der Waals surface area contributed by atoms with E-state index in [-0.39, 0.29) is 49.0 Å². The summed E-state index contributed by atoms with van der Waals surface area (Å²) >= 11 is 0. The molecule has 40 heavy (non-hydrogen) atoms. The molecule has 3 aromatic carbocycles. The molecule has 3 heterocycles. The van der Waals surface area contributed by atoms with Crippen molar-refractivity contribution in [3.63, 3.8) is 0 Å². The molecular formula is C30H29F2N5O3. The van der Waals surface area contributed by atoms with Gasteiger partial charge in [0.1, 0.15) is 11.6 Å². The van der Waals surface area contributed by atoms with E-state index in [2.05, 4.69) is 15.1 Å². The van der Waals surface area contributed by atoms with Crippen molar-refractivity contribution >= 4 is 17.8 Å². The summed E-state index contributed by atoms with van der Waals surface area (Å²) in [7, 11) is 0. The zero-order valence-electron chi connectivity index (χ0n) is 21.9. The SMILES string of the molecule is O=C1CCN(N2Cc3cc(CN4CCN(C(c5cccc(F)c5)c5cccc(F)c5)CC4)ccc3C2=O)C(=O)N1. The van der Waals surface area contributed by atoms with Crippen molar-refractivity contribution in [1.82, 2.24) is 25.1 Å². The maximum atomic E-state index is 14.1. The number of nitrogens with one attached hydrogen (secondary N) is 1. The first-order valence-electron chi connectivity index (χ1n) is 13.4. The summed E-state index contributed by atoms with van der Waals surface area (Å²) in [6.07, 6.45) is 0.155. The average Bonchev–Trinajstić information content (AvgIpc) is 3.25. The zero-order valence-corrected chi connectivity index (χ0v) is 21.9. The lowest BCUT2D eigenvalue weighted by Gasteiger charge is -2.40. The van der Waals surface area contributed by atoms with Gasteiger partial charge in [-0.25, -0.2) is 23.6 Å². The van der Waals surface area contributed by atoms with Crippen molar-refractivity contribution in [2.24, 2.45) is 0 Å². The molecule has 0 spiro atoms. The third-order valence-electron chi connectivity index (χ3n) is 7.78. The number of carbonyl (C=O) groups excluding carboxylic acids is 3. The van der Waals surface area contributed by atoms with E-state index in [1.165, 1.54) is 34.3 Å². The predicted octanol–water partition coefficient (Wildman–Crippen LogP) is 3.68. The Balaban J connectivity index is 1.12. The molecule has 0 radical (unpaired) electrons. The summed E-state index contributed by atoms with van der Waals surface area (Å²) < 4.78 is 28.2. The highest BCUT2D eigenvalue weighted by Gasteiger charge is 2.37. The van der Waals surface area contributed by atoms with Crippen LogP contribution in [0.4, 0.5) is 13.6 Å². The number of fused-ring (bicyclic) bond motifs is 1. The fraction of sp³-hybridized carbons (Fsp3) is 0.300. The number of amides is 4. The van der Waals surface area contributed by atoms with Crippen LogP contribution in [0.25, 0.3) is 0 Å². The van der Waals surface area contributed by atoms with Gasteiger partial charge in [0.25, 0.3) is 5.91 Å². The van der Waals surface area contributed by atoms with Gasteiger partial charge in [-0.2, -0.15) is 0 Å². The standard InChI is InChI=1S/C30H29F2N5O3/c31-24-5-1-3-21(16-24)28(22-4-2-6-25(32)17-22)35-13-11-34(12-14-35)18-20-7-8-26-23(15-20)19-37(29(26)39)36-10-9-27(38)33-30(36)40/h1-8,15-17,28H,9-14,18-19H2,(H,33,38,40). The van der Waals surface area contributed by atoms with Crippen LogP contribution in [-0.4, -0.2) is 70.4 Å². The fourth-order valence-corrected chi connectivity index (χ4v) is 5.84. The van der Waals surface area contributed by atoms with Gasteiger partial charge < -0.3 is 0 Å². The fourth-order valence-electron chi connectivity index (χ4n) is 5.84. The first-order chi connectivity index (χ1) is 19.4. The smallest absolute Gasteiger partial charge is 0.297 e. The normalized spacial score (nSPS) is 18.4. The van der Waals surface area contributed by atoms with Gasteiger partial charge in [0.2, 0.25) is 5.91 Å². The first-order valence-corrected chi connectivity index (χ1v) is 13.4. The minimum absolute atomic E-state index is 0.155. The number of rotatable bonds is 6. The van der Waals surface area contributed by atoms with Crippen molar-refractivity contribution in [1.29, 1.82) is 0 Å². The van der Waals surface area contributed by atoms with E-state index in [1.807, 2.05) is 24.3 Å². The number of carbonyl (C=O) groups is 3. The van der Waals surface area contributed by atoms with Gasteiger partial charge in [0.15, 0.2) is 0 Å². The zero-order chi connectivity index (χ0) is 27.8. The summed E-state index contributed by atoms with van der Waals surface area (Å²) in [5.74, 6) is -1.23. The van der Waals surface area contributed by atoms with E-state index in [9.17, 15) is 23.2 Å². The summed E-state index contributed by atoms with van der Waals surface area (Å²) in [5, 5.41) is 4.96. The number of urea groups is 1. The van der Waals surface area contributed by atoms with Gasteiger partial charge in [-0.05, 0) is 52.6 Å². The summed E-state index contributed by atoms with van der Waals surface area (Å²) in [5.41, 5.74) is 4.05. The lowest BCUT2D eigenvalue weighted by molar-refractivity contribution is -0.123. The number of hydrogen-bond donors (Lipinski definition) is 1. The molecule has 0 atom stereocenters. The largest absolute Gasteiger partial charge is 0.342 e. The molecule has 6 rings (SSSR count). The average molecular weight is 546 g/mol. The van der Waals surface area contributed by atoms with Crippen LogP contribution in [0.15, 0.2) is 66.7 Å². The Labute approximate surface area is 230 Å². The second-order valence-corrected chi connectivity index (χ2v) is 10.4. The van der Waals surface area contributed by atoms with Gasteiger partial charge >= 0.3 is 6.03 Å². The van der Waals surface area contributed by atoms with Gasteiger partial charge in [0.05, 0.1) is 19.1 Å². The lowest BCUT2D eigenvalue weighted by atomic mass is 9.96. The maximum absolute atomic E-state index is 14.1. The summed E-state index contributed by atoms with van der Waals surface area (Å²) in [6.45, 7) is 4.12. The topological polar surface area (TPSA) is 76.2 Å². The van der Waals surface area contributed by atoms with Crippen LogP contribution in [0.1, 0.15) is 45.1 Å². The summed E-state index contributed by atoms with van der Waals surface area (Å²) in [6, 6.07) is 17.9. The molecule has 4 amide bonds. The molecule has 8 nitrogen and oxygen atoms in total. The quantitative estimate of drug-likeness (QED) is 0.512. The van der Waals surface area contributed by atoms with Crippen molar-refractivity contribution < 1.29 is 23.2 Å². The van der Waals surface area contributed by atoms with E-state index >= 15 is 0 Å². The molecule has 2 saturated heterocycles. The van der Waals surface area contributed by atoms with E-state index in [0.717, 1.165) is 48.4 Å². The molecular weight excluding hydrogens is 516 g/mol. The Hall–Kier alpha value is -4.15. The minimum Gasteiger partial charge on any atom is -0.297 e. The van der Waals surface area contributed by atoms with Crippen LogP contribution >= 0.6 is 0 Å². The number of nitrogens with zero attached hydrogens (tertiary/aromatic N) is 4. The third-order valence-corrected chi connectivity index (χ3v) is 7.78. The van der Waals surface area contributed by atoms with Crippen LogP contribution in [-0.2, 0) is 17.9 Å². The van der Waals surface area contributed by atoms with Crippen molar-refractivity contribution in [2.75, 3.05) is 32.7 Å². The molecule has 0 bridgehead atoms. The van der Waals surface area contributed by atoms with Crippen LogP contribution in [0, 0.1) is 11.6 Å². The van der Waals surface area contributed by atoms with Crippen LogP contribution in [0.3, 0.4) is 0 Å². The van der Waals surface area contributed by atoms with E-state index in [4.69, 9.17) is 0 Å². The molecule has 0 saturated carbocycles. The van der Waals surface area contributed by atoms with Gasteiger partial charge in [0, 0.05) is 44.7 Å². The first kappa shape index (κ1) is 26.1. The second kappa shape index (κ2) is 10.8. The molecule has 0 aliphatic carbocycles. The van der Waals surface area contributed by atoms with Gasteiger partial charge in [-0.15, -0.1) is 0 Å². The maximum Gasteiger partial charge on any atom is 0.342 e. The lowest BCUT2D eigenvalue weighted by Crippen LogP contribution is -2.56. The molecule has 3 aliphatic heterocycles. The Kier molecular flexibility index (Phi) is 7.03. The van der Waals surface area contributed by atoms with E-state index in [0.29, 0.717) is 12.1 Å². The molecule has 10 heteroatoms. The highest BCUT2D eigenvalue weighted by Crippen LogP contribution is 2.31. The predicted molar refractivity (Wildman–Crippen MR) is 143 cm³/mol. The molecule has 206 valence electrons. The van der Waals surface area contributed by atoms with Crippen LogP contribution in [0.5, 0.6) is 0 Å². The number of hydrogen-bond acceptors (Lipinski definition) is 5. The molecule has 0 aromatic heterocycles. The van der Waals surface area contributed by atoms with E-state index < -0.39 is 6.03 Å².